The molecule has 0 saturated carbocycles. The van der Waals surface area contributed by atoms with Gasteiger partial charge < -0.3 is 15.2 Å². The highest BCUT2D eigenvalue weighted by Crippen LogP contribution is 2.26. The lowest BCUT2D eigenvalue weighted by molar-refractivity contribution is -0.143. The van der Waals surface area contributed by atoms with Crippen molar-refractivity contribution in [1.29, 1.82) is 0 Å². The van der Waals surface area contributed by atoms with Gasteiger partial charge in [-0.1, -0.05) is 46.3 Å². The molecule has 7 heteroatoms. The van der Waals surface area contributed by atoms with Crippen LogP contribution >= 0.6 is 15.9 Å². The molecule has 0 bridgehead atoms. The minimum atomic E-state index is -1.13. The van der Waals surface area contributed by atoms with Gasteiger partial charge in [0.25, 0.3) is 5.91 Å². The number of methoxy groups -OCH3 is 1. The third kappa shape index (κ3) is 4.15. The summed E-state index contributed by atoms with van der Waals surface area (Å²) in [5.41, 5.74) is 2.50. The number of halogens is 1. The molecule has 0 aliphatic rings. The molecule has 6 nitrogen and oxygen atoms in total. The van der Waals surface area contributed by atoms with Crippen molar-refractivity contribution in [2.75, 3.05) is 13.7 Å². The maximum Gasteiger partial charge on any atom is 0.330 e. The highest BCUT2D eigenvalue weighted by molar-refractivity contribution is 9.10. The van der Waals surface area contributed by atoms with Gasteiger partial charge in [-0.3, -0.25) is 4.79 Å². The maximum absolute atomic E-state index is 12.8. The van der Waals surface area contributed by atoms with Gasteiger partial charge in [0.15, 0.2) is 6.04 Å². The van der Waals surface area contributed by atoms with E-state index in [9.17, 15) is 14.7 Å². The Morgan fingerprint density at radius 1 is 1.19 bits per heavy atom. The van der Waals surface area contributed by atoms with Crippen molar-refractivity contribution in [1.82, 2.24) is 10.3 Å². The molecule has 0 radical (unpaired) electrons. The number of benzene rings is 2. The molecule has 3 rings (SSSR count). The lowest BCUT2D eigenvalue weighted by atomic mass is 10.0. The smallest absolute Gasteiger partial charge is 0.330 e. The van der Waals surface area contributed by atoms with Crippen LogP contribution in [0.15, 0.2) is 59.1 Å². The van der Waals surface area contributed by atoms with Crippen molar-refractivity contribution >= 4 is 38.7 Å². The number of fused-ring (bicyclic) bond motifs is 1. The molecule has 1 unspecified atom stereocenters. The molecule has 1 atom stereocenters. The van der Waals surface area contributed by atoms with Gasteiger partial charge in [0.05, 0.1) is 30.5 Å². The normalized spacial score (nSPS) is 11.8. The second kappa shape index (κ2) is 8.28. The molecule has 0 aliphatic carbocycles. The fraction of sp³-hybridized carbons (Fsp3) is 0.150. The number of para-hydroxylation sites is 1. The van der Waals surface area contributed by atoms with E-state index in [1.807, 2.05) is 42.5 Å². The van der Waals surface area contributed by atoms with Crippen molar-refractivity contribution in [3.63, 3.8) is 0 Å². The average molecular weight is 429 g/mol. The molecule has 1 amide bonds. The number of ether oxygens (including phenoxy) is 1. The van der Waals surface area contributed by atoms with Gasteiger partial charge in [-0.2, -0.15) is 0 Å². The number of aliphatic hydroxyl groups excluding tert-OH is 1. The van der Waals surface area contributed by atoms with E-state index in [-0.39, 0.29) is 0 Å². The first kappa shape index (κ1) is 19.0. The Labute approximate surface area is 164 Å². The molecular formula is C20H17BrN2O4. The van der Waals surface area contributed by atoms with E-state index in [0.717, 1.165) is 10.0 Å². The topological polar surface area (TPSA) is 88.5 Å². The van der Waals surface area contributed by atoms with Crippen LogP contribution in [0.25, 0.3) is 22.2 Å². The zero-order valence-electron chi connectivity index (χ0n) is 14.5. The van der Waals surface area contributed by atoms with Crippen LogP contribution in [0.2, 0.25) is 0 Å². The highest BCUT2D eigenvalue weighted by Gasteiger charge is 2.23. The van der Waals surface area contributed by atoms with Gasteiger partial charge in [-0.15, -0.1) is 0 Å². The van der Waals surface area contributed by atoms with Crippen LogP contribution in [0.3, 0.4) is 0 Å². The Kier molecular flexibility index (Phi) is 5.83. The average Bonchev–Trinajstić information content (AvgIpc) is 2.70. The number of nitrogens with one attached hydrogen (secondary N) is 1. The first-order chi connectivity index (χ1) is 13.0. The quantitative estimate of drug-likeness (QED) is 0.609. The van der Waals surface area contributed by atoms with Crippen molar-refractivity contribution < 1.29 is 19.4 Å². The molecule has 1 heterocycles. The molecule has 0 aliphatic heterocycles. The fourth-order valence-electron chi connectivity index (χ4n) is 2.69. The van der Waals surface area contributed by atoms with E-state index in [1.54, 1.807) is 12.1 Å². The van der Waals surface area contributed by atoms with E-state index in [2.05, 4.69) is 31.0 Å². The largest absolute Gasteiger partial charge is 0.467 e. The van der Waals surface area contributed by atoms with Crippen LogP contribution in [0.4, 0.5) is 0 Å². The monoisotopic (exact) mass is 428 g/mol. The summed E-state index contributed by atoms with van der Waals surface area (Å²) in [6.07, 6.45) is 0. The van der Waals surface area contributed by atoms with E-state index in [1.165, 1.54) is 7.11 Å². The van der Waals surface area contributed by atoms with Gasteiger partial charge in [0, 0.05) is 15.4 Å². The Morgan fingerprint density at radius 2 is 1.89 bits per heavy atom. The number of pyridine rings is 1. The Balaban J connectivity index is 2.06. The fourth-order valence-corrected chi connectivity index (χ4v) is 2.95. The van der Waals surface area contributed by atoms with Crippen LogP contribution in [-0.2, 0) is 9.53 Å². The summed E-state index contributed by atoms with van der Waals surface area (Å²) in [7, 11) is 1.20. The standard InChI is InChI=1S/C20H17BrN2O4/c1-27-20(26)18(11-24)23-19(25)15-10-17(12-6-8-13(21)9-7-12)22-16-5-3-2-4-14(15)16/h2-10,18,24H,11H2,1H3,(H,23,25). The zero-order chi connectivity index (χ0) is 19.4. The summed E-state index contributed by atoms with van der Waals surface area (Å²) in [4.78, 5) is 29.1. The van der Waals surface area contributed by atoms with Crippen LogP contribution < -0.4 is 5.32 Å². The van der Waals surface area contributed by atoms with Gasteiger partial charge in [-0.25, -0.2) is 9.78 Å². The van der Waals surface area contributed by atoms with E-state index >= 15 is 0 Å². The minimum Gasteiger partial charge on any atom is -0.467 e. The zero-order valence-corrected chi connectivity index (χ0v) is 16.1. The molecule has 0 saturated heterocycles. The Morgan fingerprint density at radius 3 is 2.56 bits per heavy atom. The number of aliphatic hydroxyl groups is 1. The first-order valence-electron chi connectivity index (χ1n) is 8.18. The lowest BCUT2D eigenvalue weighted by Gasteiger charge is -2.15. The number of esters is 1. The third-order valence-corrected chi connectivity index (χ3v) is 4.60. The number of carbonyl (C=O) groups excluding carboxylic acids is 2. The summed E-state index contributed by atoms with van der Waals surface area (Å²) < 4.78 is 5.54. The second-order valence-corrected chi connectivity index (χ2v) is 6.73. The number of nitrogens with zero attached hydrogens (tertiary/aromatic N) is 1. The molecule has 27 heavy (non-hydrogen) atoms. The maximum atomic E-state index is 12.8. The summed E-state index contributed by atoms with van der Waals surface area (Å²) in [5.74, 6) is -1.20. The van der Waals surface area contributed by atoms with Crippen LogP contribution in [0, 0.1) is 0 Å². The summed E-state index contributed by atoms with van der Waals surface area (Å²) in [6, 6.07) is 15.4. The number of hydrogen-bond acceptors (Lipinski definition) is 5. The number of amides is 1. The molecule has 2 aromatic carbocycles. The summed E-state index contributed by atoms with van der Waals surface area (Å²) in [5, 5.41) is 12.5. The molecule has 1 aromatic heterocycles. The molecule has 3 aromatic rings. The van der Waals surface area contributed by atoms with Gasteiger partial charge in [0.2, 0.25) is 0 Å². The molecule has 0 spiro atoms. The van der Waals surface area contributed by atoms with Gasteiger partial charge >= 0.3 is 5.97 Å². The Bertz CT molecular complexity index is 989. The summed E-state index contributed by atoms with van der Waals surface area (Å²) in [6.45, 7) is -0.555. The number of aromatic nitrogens is 1. The van der Waals surface area contributed by atoms with Crippen molar-refractivity contribution in [3.8, 4) is 11.3 Å². The van der Waals surface area contributed by atoms with Crippen LogP contribution in [-0.4, -0.2) is 41.7 Å². The van der Waals surface area contributed by atoms with Crippen molar-refractivity contribution in [3.05, 3.63) is 64.6 Å². The van der Waals surface area contributed by atoms with Gasteiger partial charge in [-0.05, 0) is 24.3 Å². The highest BCUT2D eigenvalue weighted by atomic mass is 79.9. The lowest BCUT2D eigenvalue weighted by Crippen LogP contribution is -2.44. The predicted molar refractivity (Wildman–Crippen MR) is 105 cm³/mol. The van der Waals surface area contributed by atoms with Crippen molar-refractivity contribution in [2.45, 2.75) is 6.04 Å². The van der Waals surface area contributed by atoms with E-state index in [0.29, 0.717) is 22.2 Å². The minimum absolute atomic E-state index is 0.362. The number of hydrogen-bond donors (Lipinski definition) is 2. The number of carbonyl (C=O) groups is 2. The van der Waals surface area contributed by atoms with E-state index in [4.69, 9.17) is 0 Å². The van der Waals surface area contributed by atoms with Gasteiger partial charge in [0.1, 0.15) is 0 Å². The predicted octanol–water partition coefficient (Wildman–Crippen LogP) is 2.93. The van der Waals surface area contributed by atoms with Crippen LogP contribution in [0.1, 0.15) is 10.4 Å². The molecule has 0 fully saturated rings. The van der Waals surface area contributed by atoms with Crippen molar-refractivity contribution in [2.24, 2.45) is 0 Å². The second-order valence-electron chi connectivity index (χ2n) is 5.81. The first-order valence-corrected chi connectivity index (χ1v) is 8.98. The third-order valence-electron chi connectivity index (χ3n) is 4.07. The molecule has 2 N–H and O–H groups in total. The van der Waals surface area contributed by atoms with Crippen LogP contribution in [0.5, 0.6) is 0 Å². The SMILES string of the molecule is COC(=O)C(CO)NC(=O)c1cc(-c2ccc(Br)cc2)nc2ccccc12. The van der Waals surface area contributed by atoms with E-state index < -0.39 is 24.5 Å². The summed E-state index contributed by atoms with van der Waals surface area (Å²) >= 11 is 3.40. The molecular weight excluding hydrogens is 412 g/mol. The number of rotatable bonds is 5. The molecule has 138 valence electrons. The Hall–Kier alpha value is -2.77.